The van der Waals surface area contributed by atoms with Crippen LogP contribution in [0.25, 0.3) is 0 Å². The molecule has 0 aromatic heterocycles. The minimum Gasteiger partial charge on any atom is -0.392 e. The Labute approximate surface area is 203 Å². The maximum atomic E-state index is 14.0. The molecule has 1 saturated carbocycles. The monoisotopic (exact) mass is 525 g/mol. The number of nitrogens with zero attached hydrogens (tertiary/aromatic N) is 2. The van der Waals surface area contributed by atoms with Crippen molar-refractivity contribution in [1.82, 2.24) is 14.5 Å². The van der Waals surface area contributed by atoms with Crippen molar-refractivity contribution in [2.24, 2.45) is 0 Å². The molecule has 1 aromatic carbocycles. The zero-order valence-corrected chi connectivity index (χ0v) is 20.6. The third-order valence-electron chi connectivity index (χ3n) is 6.68. The molecule has 2 N–H and O–H groups in total. The zero-order chi connectivity index (χ0) is 25.1. The van der Waals surface area contributed by atoms with Crippen molar-refractivity contribution in [3.63, 3.8) is 0 Å². The fourth-order valence-electron chi connectivity index (χ4n) is 4.70. The summed E-state index contributed by atoms with van der Waals surface area (Å²) >= 11 is 6.12. The Bertz CT molecular complexity index is 976. The van der Waals surface area contributed by atoms with Crippen LogP contribution in [-0.4, -0.2) is 84.7 Å². The Hall–Kier alpha value is -1.40. The number of alkyl halides is 3. The van der Waals surface area contributed by atoms with Crippen LogP contribution in [0.15, 0.2) is 18.2 Å². The number of rotatable bonds is 8. The molecule has 1 aromatic rings. The zero-order valence-electron chi connectivity index (χ0n) is 19.1. The van der Waals surface area contributed by atoms with Gasteiger partial charge in [-0.1, -0.05) is 17.7 Å². The third kappa shape index (κ3) is 6.42. The summed E-state index contributed by atoms with van der Waals surface area (Å²) < 4.78 is 67.0. The Kier molecular flexibility index (Phi) is 8.55. The first-order chi connectivity index (χ1) is 15.9. The molecular weight excluding hydrogens is 495 g/mol. The van der Waals surface area contributed by atoms with Crippen molar-refractivity contribution in [1.29, 1.82) is 0 Å². The lowest BCUT2D eigenvalue weighted by molar-refractivity contribution is -0.0856. The number of carbonyl (C=O) groups excluding carboxylic acids is 1. The van der Waals surface area contributed by atoms with Gasteiger partial charge in [-0.25, -0.2) is 21.6 Å². The second kappa shape index (κ2) is 10.7. The van der Waals surface area contributed by atoms with Crippen molar-refractivity contribution in [2.45, 2.75) is 56.8 Å². The first kappa shape index (κ1) is 27.2. The topological polar surface area (TPSA) is 89.9 Å². The van der Waals surface area contributed by atoms with Gasteiger partial charge < -0.3 is 10.4 Å². The van der Waals surface area contributed by atoms with E-state index in [2.05, 4.69) is 5.32 Å². The SMILES string of the molecule is CC(O)CS(=O)(=O)N1CCN(C2(CNC(=O)c3ccc(CF)cc3Cl)CCC(F)(F)CC2)CC1. The molecule has 0 radical (unpaired) electrons. The first-order valence-electron chi connectivity index (χ1n) is 11.3. The number of hydrogen-bond donors (Lipinski definition) is 2. The van der Waals surface area contributed by atoms with Gasteiger partial charge in [-0.05, 0) is 37.5 Å². The van der Waals surface area contributed by atoms with Crippen LogP contribution in [0.5, 0.6) is 0 Å². The minimum atomic E-state index is -3.62. The first-order valence-corrected chi connectivity index (χ1v) is 13.3. The highest BCUT2D eigenvalue weighted by Crippen LogP contribution is 2.42. The summed E-state index contributed by atoms with van der Waals surface area (Å²) in [5.74, 6) is -3.63. The van der Waals surface area contributed by atoms with Gasteiger partial charge in [-0.3, -0.25) is 9.69 Å². The van der Waals surface area contributed by atoms with Gasteiger partial charge in [0.2, 0.25) is 15.9 Å². The number of aliphatic hydroxyl groups is 1. The summed E-state index contributed by atoms with van der Waals surface area (Å²) in [6.07, 6.45) is -1.34. The van der Waals surface area contributed by atoms with E-state index in [0.717, 1.165) is 0 Å². The largest absolute Gasteiger partial charge is 0.392 e. The number of amides is 1. The summed E-state index contributed by atoms with van der Waals surface area (Å²) in [6, 6.07) is 4.27. The predicted octanol–water partition coefficient (Wildman–Crippen LogP) is 2.82. The predicted molar refractivity (Wildman–Crippen MR) is 123 cm³/mol. The highest BCUT2D eigenvalue weighted by atomic mass is 35.5. The number of aliphatic hydroxyl groups excluding tert-OH is 1. The van der Waals surface area contributed by atoms with Crippen LogP contribution in [0.3, 0.4) is 0 Å². The molecule has 2 aliphatic rings. The van der Waals surface area contributed by atoms with E-state index in [4.69, 9.17) is 11.6 Å². The molecule has 2 fully saturated rings. The van der Waals surface area contributed by atoms with Gasteiger partial charge in [0.1, 0.15) is 6.67 Å². The normalized spacial score (nSPS) is 22.3. The highest BCUT2D eigenvalue weighted by molar-refractivity contribution is 7.89. The van der Waals surface area contributed by atoms with E-state index in [-0.39, 0.29) is 61.7 Å². The van der Waals surface area contributed by atoms with Gasteiger partial charge in [0, 0.05) is 51.1 Å². The Morgan fingerprint density at radius 2 is 1.79 bits per heavy atom. The van der Waals surface area contributed by atoms with Crippen LogP contribution in [0.1, 0.15) is 48.5 Å². The fraction of sp³-hybridized carbons (Fsp3) is 0.682. The van der Waals surface area contributed by atoms with Crippen LogP contribution < -0.4 is 5.32 Å². The molecule has 34 heavy (non-hydrogen) atoms. The summed E-state index contributed by atoms with van der Waals surface area (Å²) in [5, 5.41) is 12.4. The van der Waals surface area contributed by atoms with Crippen LogP contribution in [0.4, 0.5) is 13.2 Å². The molecule has 0 spiro atoms. The number of hydrogen-bond acceptors (Lipinski definition) is 5. The average Bonchev–Trinajstić information content (AvgIpc) is 2.77. The van der Waals surface area contributed by atoms with Crippen molar-refractivity contribution in [3.8, 4) is 0 Å². The number of piperazine rings is 1. The van der Waals surface area contributed by atoms with Crippen LogP contribution in [0.2, 0.25) is 5.02 Å². The molecule has 1 heterocycles. The third-order valence-corrected chi connectivity index (χ3v) is 9.05. The molecule has 1 aliphatic carbocycles. The number of sulfonamides is 1. The number of halogens is 4. The second-order valence-electron chi connectivity index (χ2n) is 9.22. The Balaban J connectivity index is 1.72. The molecule has 0 bridgehead atoms. The summed E-state index contributed by atoms with van der Waals surface area (Å²) in [4.78, 5) is 14.8. The molecule has 7 nitrogen and oxygen atoms in total. The van der Waals surface area contributed by atoms with E-state index < -0.39 is 40.2 Å². The molecule has 12 heteroatoms. The van der Waals surface area contributed by atoms with Crippen molar-refractivity contribution in [3.05, 3.63) is 34.3 Å². The lowest BCUT2D eigenvalue weighted by Crippen LogP contribution is -2.63. The van der Waals surface area contributed by atoms with Gasteiger partial charge in [0.25, 0.3) is 5.91 Å². The standard InChI is InChI=1S/C22H31ClF3N3O4S/c1-16(30)14-34(32,33)29-10-8-28(9-11-29)21(4-6-22(25,26)7-5-21)15-27-20(31)18-3-2-17(13-24)12-19(18)23/h2-3,12,16,30H,4-11,13-15H2,1H3,(H,27,31). The summed E-state index contributed by atoms with van der Waals surface area (Å²) in [5.41, 5.74) is -0.233. The number of nitrogens with one attached hydrogen (secondary N) is 1. The molecule has 1 aliphatic heterocycles. The smallest absolute Gasteiger partial charge is 0.252 e. The Morgan fingerprint density at radius 3 is 2.32 bits per heavy atom. The second-order valence-corrected chi connectivity index (χ2v) is 11.6. The number of benzene rings is 1. The molecule has 192 valence electrons. The summed E-state index contributed by atoms with van der Waals surface area (Å²) in [6.45, 7) is 1.81. The quantitative estimate of drug-likeness (QED) is 0.545. The van der Waals surface area contributed by atoms with Crippen LogP contribution in [-0.2, 0) is 16.7 Å². The molecular formula is C22H31ClF3N3O4S. The number of carbonyl (C=O) groups is 1. The van der Waals surface area contributed by atoms with E-state index in [9.17, 15) is 31.5 Å². The van der Waals surface area contributed by atoms with Crippen LogP contribution >= 0.6 is 11.6 Å². The molecule has 1 saturated heterocycles. The van der Waals surface area contributed by atoms with E-state index in [1.54, 1.807) is 0 Å². The van der Waals surface area contributed by atoms with Gasteiger partial charge in [-0.15, -0.1) is 0 Å². The van der Waals surface area contributed by atoms with Crippen LogP contribution in [0, 0.1) is 0 Å². The average molecular weight is 526 g/mol. The molecule has 1 atom stereocenters. The maximum absolute atomic E-state index is 14.0. The van der Waals surface area contributed by atoms with E-state index in [1.807, 2.05) is 4.90 Å². The van der Waals surface area contributed by atoms with Crippen molar-refractivity contribution < 1.29 is 31.5 Å². The van der Waals surface area contributed by atoms with Crippen molar-refractivity contribution >= 4 is 27.5 Å². The Morgan fingerprint density at radius 1 is 1.18 bits per heavy atom. The highest BCUT2D eigenvalue weighted by Gasteiger charge is 2.47. The van der Waals surface area contributed by atoms with Crippen molar-refractivity contribution in [2.75, 3.05) is 38.5 Å². The lowest BCUT2D eigenvalue weighted by Gasteiger charge is -2.50. The molecule has 1 amide bonds. The lowest BCUT2D eigenvalue weighted by atomic mass is 9.78. The maximum Gasteiger partial charge on any atom is 0.252 e. The minimum absolute atomic E-state index is 0.101. The van der Waals surface area contributed by atoms with Gasteiger partial charge in [-0.2, -0.15) is 4.31 Å². The van der Waals surface area contributed by atoms with Gasteiger partial charge >= 0.3 is 0 Å². The van der Waals surface area contributed by atoms with E-state index in [0.29, 0.717) is 18.7 Å². The van der Waals surface area contributed by atoms with E-state index >= 15 is 0 Å². The van der Waals surface area contributed by atoms with Gasteiger partial charge in [0.15, 0.2) is 0 Å². The van der Waals surface area contributed by atoms with E-state index in [1.165, 1.54) is 29.4 Å². The molecule has 1 unspecified atom stereocenters. The molecule has 3 rings (SSSR count). The van der Waals surface area contributed by atoms with Gasteiger partial charge in [0.05, 0.1) is 22.4 Å². The fourth-order valence-corrected chi connectivity index (χ4v) is 6.53. The summed E-state index contributed by atoms with van der Waals surface area (Å²) in [7, 11) is -3.62.